The van der Waals surface area contributed by atoms with Gasteiger partial charge in [0.25, 0.3) is 0 Å². The zero-order chi connectivity index (χ0) is 16.8. The summed E-state index contributed by atoms with van der Waals surface area (Å²) < 4.78 is 5.03. The third-order valence-corrected chi connectivity index (χ3v) is 4.37. The molecule has 0 unspecified atom stereocenters. The molecule has 24 heavy (non-hydrogen) atoms. The molecule has 0 saturated heterocycles. The maximum absolute atomic E-state index is 11.0. The molecule has 0 amide bonds. The minimum Gasteiger partial charge on any atom is -0.463 e. The molecule has 122 valence electrons. The van der Waals surface area contributed by atoms with E-state index in [4.69, 9.17) is 4.74 Å². The molecule has 0 saturated carbocycles. The largest absolute Gasteiger partial charge is 0.463 e. The highest BCUT2D eigenvalue weighted by Gasteiger charge is 2.12. The number of aryl methyl sites for hydroxylation is 2. The highest BCUT2D eigenvalue weighted by Crippen LogP contribution is 2.30. The third kappa shape index (κ3) is 4.02. The molecule has 0 heterocycles. The van der Waals surface area contributed by atoms with Crippen LogP contribution in [0.3, 0.4) is 0 Å². The Labute approximate surface area is 143 Å². The fraction of sp³-hybridized carbons (Fsp3) is 0.227. The molecule has 0 spiro atoms. The first-order valence-corrected chi connectivity index (χ1v) is 8.43. The van der Waals surface area contributed by atoms with Crippen LogP contribution < -0.4 is 0 Å². The topological polar surface area (TPSA) is 26.3 Å². The van der Waals surface area contributed by atoms with Crippen LogP contribution >= 0.6 is 0 Å². The number of fused-ring (bicyclic) bond motifs is 1. The van der Waals surface area contributed by atoms with E-state index in [2.05, 4.69) is 61.2 Å². The van der Waals surface area contributed by atoms with Crippen molar-refractivity contribution < 1.29 is 9.53 Å². The number of ether oxygens (including phenoxy) is 1. The fourth-order valence-corrected chi connectivity index (χ4v) is 3.08. The maximum atomic E-state index is 11.0. The summed E-state index contributed by atoms with van der Waals surface area (Å²) >= 11 is 0. The van der Waals surface area contributed by atoms with Crippen molar-refractivity contribution in [1.82, 2.24) is 0 Å². The van der Waals surface area contributed by atoms with E-state index in [9.17, 15) is 4.79 Å². The van der Waals surface area contributed by atoms with Crippen LogP contribution in [0.5, 0.6) is 0 Å². The molecule has 2 nitrogen and oxygen atoms in total. The van der Waals surface area contributed by atoms with E-state index in [-0.39, 0.29) is 5.97 Å². The summed E-state index contributed by atoms with van der Waals surface area (Å²) in [6.45, 7) is 3.83. The number of carbonyl (C=O) groups excluding carboxylic acids is 1. The average Bonchev–Trinajstić information content (AvgIpc) is 2.65. The lowest BCUT2D eigenvalue weighted by Gasteiger charge is -2.18. The van der Waals surface area contributed by atoms with Gasteiger partial charge in [-0.2, -0.15) is 0 Å². The Kier molecular flexibility index (Phi) is 5.27. The highest BCUT2D eigenvalue weighted by atomic mass is 16.5. The lowest BCUT2D eigenvalue weighted by atomic mass is 9.87. The molecule has 1 aliphatic rings. The Hall–Kier alpha value is -2.61. The van der Waals surface area contributed by atoms with Gasteiger partial charge in [0.05, 0.1) is 6.61 Å². The van der Waals surface area contributed by atoms with E-state index in [1.165, 1.54) is 33.9 Å². The Bertz CT molecular complexity index is 757. The minimum absolute atomic E-state index is 0.351. The predicted molar refractivity (Wildman–Crippen MR) is 98.6 cm³/mol. The van der Waals surface area contributed by atoms with Crippen molar-refractivity contribution in [2.24, 2.45) is 0 Å². The molecule has 2 heteroatoms. The van der Waals surface area contributed by atoms with Crippen molar-refractivity contribution in [2.75, 3.05) is 6.61 Å². The van der Waals surface area contributed by atoms with E-state index in [1.54, 1.807) is 0 Å². The van der Waals surface area contributed by atoms with E-state index in [0.717, 1.165) is 25.7 Å². The Balaban J connectivity index is 1.68. The van der Waals surface area contributed by atoms with Crippen LogP contribution in [0.2, 0.25) is 0 Å². The zero-order valence-corrected chi connectivity index (χ0v) is 13.8. The number of rotatable bonds is 6. The van der Waals surface area contributed by atoms with Crippen molar-refractivity contribution in [3.63, 3.8) is 0 Å². The van der Waals surface area contributed by atoms with Gasteiger partial charge >= 0.3 is 5.97 Å². The van der Waals surface area contributed by atoms with Crippen molar-refractivity contribution >= 4 is 17.6 Å². The molecule has 0 atom stereocenters. The average molecular weight is 318 g/mol. The number of carbonyl (C=O) groups is 1. The Morgan fingerprint density at radius 3 is 2.75 bits per heavy atom. The van der Waals surface area contributed by atoms with Gasteiger partial charge in [0.15, 0.2) is 0 Å². The second-order valence-electron chi connectivity index (χ2n) is 6.04. The molecule has 0 aliphatic heterocycles. The lowest BCUT2D eigenvalue weighted by Crippen LogP contribution is -2.04. The molecule has 2 aromatic carbocycles. The van der Waals surface area contributed by atoms with Gasteiger partial charge < -0.3 is 4.74 Å². The number of hydrogen-bond donors (Lipinski definition) is 0. The smallest absolute Gasteiger partial charge is 0.330 e. The Morgan fingerprint density at radius 2 is 1.96 bits per heavy atom. The number of esters is 1. The van der Waals surface area contributed by atoms with Gasteiger partial charge in [-0.25, -0.2) is 4.79 Å². The fourth-order valence-electron chi connectivity index (χ4n) is 3.08. The molecule has 0 N–H and O–H groups in total. The van der Waals surface area contributed by atoms with Crippen LogP contribution in [0.15, 0.2) is 61.2 Å². The van der Waals surface area contributed by atoms with Crippen LogP contribution in [0.1, 0.15) is 35.1 Å². The quantitative estimate of drug-likeness (QED) is 0.433. The van der Waals surface area contributed by atoms with Gasteiger partial charge in [-0.3, -0.25) is 0 Å². The van der Waals surface area contributed by atoms with E-state index >= 15 is 0 Å². The summed E-state index contributed by atoms with van der Waals surface area (Å²) in [6, 6.07) is 17.3. The third-order valence-electron chi connectivity index (χ3n) is 4.37. The predicted octanol–water partition coefficient (Wildman–Crippen LogP) is 4.84. The van der Waals surface area contributed by atoms with Crippen molar-refractivity contribution in [1.29, 1.82) is 0 Å². The molecule has 2 aromatic rings. The van der Waals surface area contributed by atoms with E-state index in [0.29, 0.717) is 6.61 Å². The van der Waals surface area contributed by atoms with E-state index < -0.39 is 0 Å². The lowest BCUT2D eigenvalue weighted by molar-refractivity contribution is -0.137. The molecular weight excluding hydrogens is 296 g/mol. The summed E-state index contributed by atoms with van der Waals surface area (Å²) in [5.41, 5.74) is 6.73. The molecular formula is C22H22O2. The second kappa shape index (κ2) is 7.78. The molecule has 0 aromatic heterocycles. The van der Waals surface area contributed by atoms with Gasteiger partial charge in [-0.1, -0.05) is 61.2 Å². The molecule has 0 fully saturated rings. The summed E-state index contributed by atoms with van der Waals surface area (Å²) in [4.78, 5) is 11.0. The van der Waals surface area contributed by atoms with Gasteiger partial charge in [0.2, 0.25) is 0 Å². The van der Waals surface area contributed by atoms with Crippen LogP contribution in [-0.4, -0.2) is 12.6 Å². The summed E-state index contributed by atoms with van der Waals surface area (Å²) in [7, 11) is 0. The normalized spacial score (nSPS) is 12.9. The monoisotopic (exact) mass is 318 g/mol. The molecule has 0 radical (unpaired) electrons. The second-order valence-corrected chi connectivity index (χ2v) is 6.04. The number of hydrogen-bond acceptors (Lipinski definition) is 2. The first-order chi connectivity index (χ1) is 11.8. The van der Waals surface area contributed by atoms with Crippen LogP contribution in [-0.2, 0) is 22.4 Å². The summed E-state index contributed by atoms with van der Waals surface area (Å²) in [6.07, 6.45) is 7.44. The van der Waals surface area contributed by atoms with Crippen molar-refractivity contribution in [3.8, 4) is 0 Å². The molecule has 1 aliphatic carbocycles. The molecule has 0 bridgehead atoms. The van der Waals surface area contributed by atoms with Gasteiger partial charge in [0.1, 0.15) is 0 Å². The minimum atomic E-state index is -0.351. The van der Waals surface area contributed by atoms with Gasteiger partial charge in [-0.15, -0.1) is 0 Å². The highest BCUT2D eigenvalue weighted by molar-refractivity contribution is 5.84. The summed E-state index contributed by atoms with van der Waals surface area (Å²) in [5, 5.41) is 0. The van der Waals surface area contributed by atoms with Crippen LogP contribution in [0.25, 0.3) is 11.6 Å². The van der Waals surface area contributed by atoms with Gasteiger partial charge in [-0.05, 0) is 53.5 Å². The first kappa shape index (κ1) is 16.3. The standard InChI is InChI=1S/C22H22O2/c1-2-22(23)24-14-6-7-17-10-11-19-12-13-20(16-21(19)15-17)18-8-4-3-5-9-18/h2-5,8-11,15-16H,1,6-7,12-14H2. The Morgan fingerprint density at radius 1 is 1.12 bits per heavy atom. The number of benzene rings is 2. The van der Waals surface area contributed by atoms with Crippen molar-refractivity contribution in [3.05, 3.63) is 83.4 Å². The van der Waals surface area contributed by atoms with Crippen LogP contribution in [0, 0.1) is 0 Å². The number of allylic oxidation sites excluding steroid dienone is 1. The summed E-state index contributed by atoms with van der Waals surface area (Å²) in [5.74, 6) is -0.351. The van der Waals surface area contributed by atoms with E-state index in [1.807, 2.05) is 0 Å². The molecule has 3 rings (SSSR count). The van der Waals surface area contributed by atoms with Crippen molar-refractivity contribution in [2.45, 2.75) is 25.7 Å². The zero-order valence-electron chi connectivity index (χ0n) is 13.8. The van der Waals surface area contributed by atoms with Gasteiger partial charge in [0, 0.05) is 6.08 Å². The van der Waals surface area contributed by atoms with Crippen LogP contribution in [0.4, 0.5) is 0 Å². The first-order valence-electron chi connectivity index (χ1n) is 8.43. The maximum Gasteiger partial charge on any atom is 0.330 e. The SMILES string of the molecule is C=CC(=O)OCCCc1ccc2c(c1)C=C(c1ccccc1)CC2.